The van der Waals surface area contributed by atoms with Crippen molar-refractivity contribution >= 4 is 27.3 Å². The van der Waals surface area contributed by atoms with E-state index in [-0.39, 0.29) is 6.04 Å². The minimum Gasteiger partial charge on any atom is -0.399 e. The van der Waals surface area contributed by atoms with Crippen LogP contribution in [-0.2, 0) is 0 Å². The summed E-state index contributed by atoms with van der Waals surface area (Å²) in [5, 5.41) is 3.44. The van der Waals surface area contributed by atoms with Crippen molar-refractivity contribution < 1.29 is 0 Å². The predicted octanol–water partition coefficient (Wildman–Crippen LogP) is 4.20. The molecule has 3 heteroatoms. The highest BCUT2D eigenvalue weighted by molar-refractivity contribution is 9.10. The molecule has 0 amide bonds. The second-order valence-electron chi connectivity index (χ2n) is 4.04. The predicted molar refractivity (Wildman–Crippen MR) is 77.0 cm³/mol. The summed E-state index contributed by atoms with van der Waals surface area (Å²) >= 11 is 3.48. The molecule has 0 aromatic heterocycles. The Morgan fingerprint density at radius 1 is 1.12 bits per heavy atom. The number of benzene rings is 2. The van der Waals surface area contributed by atoms with Gasteiger partial charge in [0.25, 0.3) is 0 Å². The molecular formula is C14H15BrN2. The maximum Gasteiger partial charge on any atom is 0.0486 e. The van der Waals surface area contributed by atoms with Crippen LogP contribution in [0.15, 0.2) is 53.0 Å². The van der Waals surface area contributed by atoms with E-state index in [4.69, 9.17) is 5.73 Å². The molecule has 0 saturated heterocycles. The summed E-state index contributed by atoms with van der Waals surface area (Å²) in [6.07, 6.45) is 0. The molecule has 0 spiro atoms. The van der Waals surface area contributed by atoms with Crippen molar-refractivity contribution in [1.29, 1.82) is 0 Å². The van der Waals surface area contributed by atoms with E-state index in [1.54, 1.807) is 0 Å². The lowest BCUT2D eigenvalue weighted by molar-refractivity contribution is 0.884. The molecule has 0 aliphatic carbocycles. The molecule has 0 fully saturated rings. The molecule has 0 saturated carbocycles. The molecule has 0 aliphatic rings. The number of nitrogens with two attached hydrogens (primary N) is 1. The van der Waals surface area contributed by atoms with Gasteiger partial charge in [-0.1, -0.05) is 28.1 Å². The van der Waals surface area contributed by atoms with Gasteiger partial charge in [0.1, 0.15) is 0 Å². The largest absolute Gasteiger partial charge is 0.399 e. The molecule has 3 N–H and O–H groups in total. The van der Waals surface area contributed by atoms with E-state index in [1.165, 1.54) is 5.56 Å². The number of nitrogens with one attached hydrogen (secondary N) is 1. The molecule has 88 valence electrons. The first-order chi connectivity index (χ1) is 8.15. The minimum absolute atomic E-state index is 0.260. The first kappa shape index (κ1) is 12.0. The standard InChI is InChI=1S/C14H15BrN2/c1-10(11-3-2-4-12(15)9-11)17-14-7-5-13(16)6-8-14/h2-10,17H,16H2,1H3. The molecule has 2 nitrogen and oxygen atoms in total. The average Bonchev–Trinajstić information content (AvgIpc) is 2.32. The third-order valence-electron chi connectivity index (χ3n) is 2.64. The van der Waals surface area contributed by atoms with Crippen LogP contribution in [0.25, 0.3) is 0 Å². The summed E-state index contributed by atoms with van der Waals surface area (Å²) in [7, 11) is 0. The van der Waals surface area contributed by atoms with Gasteiger partial charge in [0, 0.05) is 21.9 Å². The normalized spacial score (nSPS) is 12.1. The van der Waals surface area contributed by atoms with Crippen molar-refractivity contribution in [3.8, 4) is 0 Å². The Kier molecular flexibility index (Phi) is 3.69. The first-order valence-corrected chi connectivity index (χ1v) is 6.32. The van der Waals surface area contributed by atoms with E-state index in [0.29, 0.717) is 0 Å². The Labute approximate surface area is 110 Å². The third kappa shape index (κ3) is 3.24. The van der Waals surface area contributed by atoms with E-state index >= 15 is 0 Å². The van der Waals surface area contributed by atoms with Gasteiger partial charge in [0.2, 0.25) is 0 Å². The number of rotatable bonds is 3. The van der Waals surface area contributed by atoms with Gasteiger partial charge in [-0.25, -0.2) is 0 Å². The molecule has 0 aliphatic heterocycles. The van der Waals surface area contributed by atoms with Crippen LogP contribution in [0.3, 0.4) is 0 Å². The fraction of sp³-hybridized carbons (Fsp3) is 0.143. The van der Waals surface area contributed by atoms with E-state index in [0.717, 1.165) is 15.8 Å². The Morgan fingerprint density at radius 3 is 2.47 bits per heavy atom. The Bertz CT molecular complexity index is 494. The molecule has 2 aromatic rings. The topological polar surface area (TPSA) is 38.0 Å². The van der Waals surface area contributed by atoms with Crippen LogP contribution in [0, 0.1) is 0 Å². The zero-order valence-corrected chi connectivity index (χ0v) is 11.2. The molecule has 17 heavy (non-hydrogen) atoms. The van der Waals surface area contributed by atoms with Crippen LogP contribution < -0.4 is 11.1 Å². The lowest BCUT2D eigenvalue weighted by Crippen LogP contribution is -2.06. The Balaban J connectivity index is 2.11. The monoisotopic (exact) mass is 290 g/mol. The summed E-state index contributed by atoms with van der Waals surface area (Å²) in [6, 6.07) is 16.3. The van der Waals surface area contributed by atoms with Crippen LogP contribution in [0.5, 0.6) is 0 Å². The van der Waals surface area contributed by atoms with Crippen molar-refractivity contribution in [2.24, 2.45) is 0 Å². The number of nitrogen functional groups attached to an aromatic ring is 1. The highest BCUT2D eigenvalue weighted by atomic mass is 79.9. The van der Waals surface area contributed by atoms with Crippen molar-refractivity contribution in [3.05, 3.63) is 58.6 Å². The van der Waals surface area contributed by atoms with Crippen molar-refractivity contribution in [3.63, 3.8) is 0 Å². The Hall–Kier alpha value is -1.48. The smallest absolute Gasteiger partial charge is 0.0486 e. The van der Waals surface area contributed by atoms with Gasteiger partial charge in [0.05, 0.1) is 0 Å². The number of halogens is 1. The zero-order valence-electron chi connectivity index (χ0n) is 9.65. The molecule has 0 radical (unpaired) electrons. The Morgan fingerprint density at radius 2 is 1.82 bits per heavy atom. The van der Waals surface area contributed by atoms with Gasteiger partial charge in [-0.3, -0.25) is 0 Å². The second kappa shape index (κ2) is 5.23. The summed E-state index contributed by atoms with van der Waals surface area (Å²) in [5.41, 5.74) is 8.76. The van der Waals surface area contributed by atoms with E-state index < -0.39 is 0 Å². The molecule has 0 heterocycles. The maximum atomic E-state index is 5.65. The minimum atomic E-state index is 0.260. The van der Waals surface area contributed by atoms with Crippen LogP contribution in [0.4, 0.5) is 11.4 Å². The highest BCUT2D eigenvalue weighted by Gasteiger charge is 2.05. The number of hydrogen-bond donors (Lipinski definition) is 2. The van der Waals surface area contributed by atoms with Gasteiger partial charge < -0.3 is 11.1 Å². The fourth-order valence-electron chi connectivity index (χ4n) is 1.69. The van der Waals surface area contributed by atoms with Crippen LogP contribution in [0.2, 0.25) is 0 Å². The second-order valence-corrected chi connectivity index (χ2v) is 4.96. The molecule has 0 bridgehead atoms. The van der Waals surface area contributed by atoms with Crippen LogP contribution in [-0.4, -0.2) is 0 Å². The zero-order chi connectivity index (χ0) is 12.3. The molecular weight excluding hydrogens is 276 g/mol. The average molecular weight is 291 g/mol. The van der Waals surface area contributed by atoms with E-state index in [2.05, 4.69) is 40.3 Å². The highest BCUT2D eigenvalue weighted by Crippen LogP contribution is 2.22. The quantitative estimate of drug-likeness (QED) is 0.831. The lowest BCUT2D eigenvalue weighted by atomic mass is 10.1. The lowest BCUT2D eigenvalue weighted by Gasteiger charge is -2.16. The van der Waals surface area contributed by atoms with Crippen molar-refractivity contribution in [1.82, 2.24) is 0 Å². The summed E-state index contributed by atoms with van der Waals surface area (Å²) < 4.78 is 1.10. The van der Waals surface area contributed by atoms with Crippen LogP contribution in [0.1, 0.15) is 18.5 Å². The third-order valence-corrected chi connectivity index (χ3v) is 3.14. The van der Waals surface area contributed by atoms with Crippen molar-refractivity contribution in [2.75, 3.05) is 11.1 Å². The summed E-state index contributed by atoms with van der Waals surface area (Å²) in [5.74, 6) is 0. The van der Waals surface area contributed by atoms with Crippen LogP contribution >= 0.6 is 15.9 Å². The van der Waals surface area contributed by atoms with Gasteiger partial charge in [0.15, 0.2) is 0 Å². The van der Waals surface area contributed by atoms with Gasteiger partial charge in [-0.05, 0) is 48.9 Å². The summed E-state index contributed by atoms with van der Waals surface area (Å²) in [4.78, 5) is 0. The SMILES string of the molecule is CC(Nc1ccc(N)cc1)c1cccc(Br)c1. The molecule has 2 rings (SSSR count). The number of hydrogen-bond acceptors (Lipinski definition) is 2. The first-order valence-electron chi connectivity index (χ1n) is 5.53. The maximum absolute atomic E-state index is 5.65. The van der Waals surface area contributed by atoms with Gasteiger partial charge >= 0.3 is 0 Å². The van der Waals surface area contributed by atoms with Gasteiger partial charge in [-0.2, -0.15) is 0 Å². The molecule has 2 aromatic carbocycles. The number of anilines is 2. The van der Waals surface area contributed by atoms with Crippen molar-refractivity contribution in [2.45, 2.75) is 13.0 Å². The molecule has 1 unspecified atom stereocenters. The summed E-state index contributed by atoms with van der Waals surface area (Å²) in [6.45, 7) is 2.14. The molecule has 1 atom stereocenters. The van der Waals surface area contributed by atoms with E-state index in [1.807, 2.05) is 36.4 Å². The van der Waals surface area contributed by atoms with Gasteiger partial charge in [-0.15, -0.1) is 0 Å². The van der Waals surface area contributed by atoms with E-state index in [9.17, 15) is 0 Å². The fourth-order valence-corrected chi connectivity index (χ4v) is 2.11.